The summed E-state index contributed by atoms with van der Waals surface area (Å²) in [4.78, 5) is 0. The van der Waals surface area contributed by atoms with E-state index in [4.69, 9.17) is 9.47 Å². The highest BCUT2D eigenvalue weighted by atomic mass is 79.9. The lowest BCUT2D eigenvalue weighted by Crippen LogP contribution is -2.35. The molecule has 0 heterocycles. The van der Waals surface area contributed by atoms with Gasteiger partial charge in [-0.05, 0) is 55.5 Å². The molecule has 0 aromatic heterocycles. The SMILES string of the molecule is COCCOCCCNC1CCc2cc(Br)ccc2C1. The zero-order valence-electron chi connectivity index (χ0n) is 12.2. The molecule has 0 fully saturated rings. The fourth-order valence-electron chi connectivity index (χ4n) is 2.62. The summed E-state index contributed by atoms with van der Waals surface area (Å²) in [5.41, 5.74) is 2.99. The third kappa shape index (κ3) is 5.17. The number of aryl methyl sites for hydroxylation is 1. The van der Waals surface area contributed by atoms with Gasteiger partial charge in [-0.1, -0.05) is 22.0 Å². The van der Waals surface area contributed by atoms with Crippen LogP contribution in [0, 0.1) is 0 Å². The summed E-state index contributed by atoms with van der Waals surface area (Å²) in [6.45, 7) is 3.22. The number of nitrogens with one attached hydrogen (secondary N) is 1. The Kier molecular flexibility index (Phi) is 7.00. The fraction of sp³-hybridized carbons (Fsp3) is 0.625. The highest BCUT2D eigenvalue weighted by molar-refractivity contribution is 9.10. The minimum absolute atomic E-state index is 0.614. The Morgan fingerprint density at radius 2 is 2.15 bits per heavy atom. The third-order valence-corrected chi connectivity index (χ3v) is 4.22. The van der Waals surface area contributed by atoms with E-state index in [0.29, 0.717) is 19.3 Å². The van der Waals surface area contributed by atoms with E-state index in [1.54, 1.807) is 7.11 Å². The summed E-state index contributed by atoms with van der Waals surface area (Å²) in [7, 11) is 1.70. The molecule has 2 rings (SSSR count). The number of hydrogen-bond acceptors (Lipinski definition) is 3. The molecule has 0 bridgehead atoms. The van der Waals surface area contributed by atoms with Crippen LogP contribution in [0.1, 0.15) is 24.0 Å². The highest BCUT2D eigenvalue weighted by Gasteiger charge is 2.17. The van der Waals surface area contributed by atoms with Crippen molar-refractivity contribution in [2.24, 2.45) is 0 Å². The molecule has 0 saturated carbocycles. The van der Waals surface area contributed by atoms with Crippen molar-refractivity contribution >= 4 is 15.9 Å². The molecule has 0 spiro atoms. The first kappa shape index (κ1) is 16.0. The Morgan fingerprint density at radius 3 is 3.00 bits per heavy atom. The van der Waals surface area contributed by atoms with E-state index >= 15 is 0 Å². The van der Waals surface area contributed by atoms with Crippen molar-refractivity contribution in [1.82, 2.24) is 5.32 Å². The van der Waals surface area contributed by atoms with Gasteiger partial charge in [0, 0.05) is 24.2 Å². The molecule has 0 radical (unpaired) electrons. The number of halogens is 1. The molecule has 3 nitrogen and oxygen atoms in total. The molecule has 112 valence electrons. The average molecular weight is 342 g/mol. The smallest absolute Gasteiger partial charge is 0.0700 e. The van der Waals surface area contributed by atoms with Gasteiger partial charge in [0.15, 0.2) is 0 Å². The van der Waals surface area contributed by atoms with Gasteiger partial charge < -0.3 is 14.8 Å². The second kappa shape index (κ2) is 8.78. The standard InChI is InChI=1S/C16H24BrNO2/c1-19-9-10-20-8-2-7-18-16-6-4-13-11-15(17)5-3-14(13)12-16/h3,5,11,16,18H,2,4,6-10,12H2,1H3. The van der Waals surface area contributed by atoms with E-state index in [2.05, 4.69) is 39.4 Å². The zero-order chi connectivity index (χ0) is 14.2. The minimum Gasteiger partial charge on any atom is -0.382 e. The lowest BCUT2D eigenvalue weighted by molar-refractivity contribution is 0.0692. The van der Waals surface area contributed by atoms with Gasteiger partial charge in [-0.2, -0.15) is 0 Å². The van der Waals surface area contributed by atoms with Crippen molar-refractivity contribution < 1.29 is 9.47 Å². The molecule has 1 N–H and O–H groups in total. The predicted molar refractivity (Wildman–Crippen MR) is 85.3 cm³/mol. The molecule has 0 amide bonds. The van der Waals surface area contributed by atoms with Gasteiger partial charge in [-0.15, -0.1) is 0 Å². The molecule has 1 aliphatic carbocycles. The van der Waals surface area contributed by atoms with Gasteiger partial charge in [0.05, 0.1) is 13.2 Å². The van der Waals surface area contributed by atoms with Crippen molar-refractivity contribution in [3.05, 3.63) is 33.8 Å². The van der Waals surface area contributed by atoms with Crippen LogP contribution in [0.2, 0.25) is 0 Å². The van der Waals surface area contributed by atoms with E-state index < -0.39 is 0 Å². The highest BCUT2D eigenvalue weighted by Crippen LogP contribution is 2.24. The van der Waals surface area contributed by atoms with Gasteiger partial charge in [0.2, 0.25) is 0 Å². The van der Waals surface area contributed by atoms with Crippen LogP contribution < -0.4 is 5.32 Å². The van der Waals surface area contributed by atoms with Crippen LogP contribution in [0.15, 0.2) is 22.7 Å². The van der Waals surface area contributed by atoms with Crippen LogP contribution in [-0.2, 0) is 22.3 Å². The maximum absolute atomic E-state index is 5.46. The summed E-state index contributed by atoms with van der Waals surface area (Å²) in [6, 6.07) is 7.27. The van der Waals surface area contributed by atoms with Gasteiger partial charge in [0.1, 0.15) is 0 Å². The maximum Gasteiger partial charge on any atom is 0.0700 e. The van der Waals surface area contributed by atoms with Crippen LogP contribution in [0.3, 0.4) is 0 Å². The Hall–Kier alpha value is -0.420. The van der Waals surface area contributed by atoms with E-state index in [1.807, 2.05) is 0 Å². The summed E-state index contributed by atoms with van der Waals surface area (Å²) in [6.07, 6.45) is 4.62. The predicted octanol–water partition coefficient (Wildman–Crippen LogP) is 2.95. The van der Waals surface area contributed by atoms with E-state index in [1.165, 1.54) is 28.4 Å². The van der Waals surface area contributed by atoms with E-state index in [9.17, 15) is 0 Å². The molecule has 1 aromatic rings. The average Bonchev–Trinajstić information content (AvgIpc) is 2.46. The van der Waals surface area contributed by atoms with Crippen LogP contribution in [0.5, 0.6) is 0 Å². The molecule has 1 aliphatic rings. The second-order valence-corrected chi connectivity index (χ2v) is 6.18. The molecular weight excluding hydrogens is 318 g/mol. The lowest BCUT2D eigenvalue weighted by Gasteiger charge is -2.25. The van der Waals surface area contributed by atoms with Crippen LogP contribution in [0.25, 0.3) is 0 Å². The van der Waals surface area contributed by atoms with Gasteiger partial charge in [-0.3, -0.25) is 0 Å². The number of hydrogen-bond donors (Lipinski definition) is 1. The first-order valence-corrected chi connectivity index (χ1v) is 8.16. The Labute approximate surface area is 130 Å². The normalized spacial score (nSPS) is 18.0. The van der Waals surface area contributed by atoms with Crippen molar-refractivity contribution in [3.63, 3.8) is 0 Å². The van der Waals surface area contributed by atoms with Crippen LogP contribution in [-0.4, -0.2) is 39.5 Å². The Bertz CT molecular complexity index is 411. The number of ether oxygens (including phenoxy) is 2. The first-order chi connectivity index (χ1) is 9.79. The third-order valence-electron chi connectivity index (χ3n) is 3.73. The molecule has 0 saturated heterocycles. The molecular formula is C16H24BrNO2. The van der Waals surface area contributed by atoms with E-state index in [-0.39, 0.29) is 0 Å². The lowest BCUT2D eigenvalue weighted by atomic mass is 9.88. The van der Waals surface area contributed by atoms with Gasteiger partial charge >= 0.3 is 0 Å². The molecule has 1 atom stereocenters. The molecule has 1 aromatic carbocycles. The van der Waals surface area contributed by atoms with Crippen molar-refractivity contribution in [2.75, 3.05) is 33.5 Å². The van der Waals surface area contributed by atoms with Crippen molar-refractivity contribution in [1.29, 1.82) is 0 Å². The first-order valence-electron chi connectivity index (χ1n) is 7.37. The molecule has 0 aliphatic heterocycles. The zero-order valence-corrected chi connectivity index (χ0v) is 13.7. The second-order valence-electron chi connectivity index (χ2n) is 5.27. The summed E-state index contributed by atoms with van der Waals surface area (Å²) < 4.78 is 11.6. The van der Waals surface area contributed by atoms with Gasteiger partial charge in [-0.25, -0.2) is 0 Å². The summed E-state index contributed by atoms with van der Waals surface area (Å²) in [5.74, 6) is 0. The largest absolute Gasteiger partial charge is 0.382 e. The number of fused-ring (bicyclic) bond motifs is 1. The Morgan fingerprint density at radius 1 is 1.25 bits per heavy atom. The molecule has 4 heteroatoms. The fourth-order valence-corrected chi connectivity index (χ4v) is 3.03. The molecule has 1 unspecified atom stereocenters. The minimum atomic E-state index is 0.614. The molecule has 20 heavy (non-hydrogen) atoms. The summed E-state index contributed by atoms with van der Waals surface area (Å²) >= 11 is 3.54. The van der Waals surface area contributed by atoms with Crippen molar-refractivity contribution in [2.45, 2.75) is 31.7 Å². The quantitative estimate of drug-likeness (QED) is 0.737. The number of benzene rings is 1. The van der Waals surface area contributed by atoms with Gasteiger partial charge in [0.25, 0.3) is 0 Å². The maximum atomic E-state index is 5.46. The number of methoxy groups -OCH3 is 1. The van der Waals surface area contributed by atoms with Crippen LogP contribution >= 0.6 is 15.9 Å². The summed E-state index contributed by atoms with van der Waals surface area (Å²) in [5, 5.41) is 3.65. The van der Waals surface area contributed by atoms with E-state index in [0.717, 1.165) is 26.0 Å². The Balaban J connectivity index is 1.63. The van der Waals surface area contributed by atoms with Crippen molar-refractivity contribution in [3.8, 4) is 0 Å². The topological polar surface area (TPSA) is 30.5 Å². The van der Waals surface area contributed by atoms with Crippen LogP contribution in [0.4, 0.5) is 0 Å². The monoisotopic (exact) mass is 341 g/mol. The number of rotatable bonds is 8.